The van der Waals surface area contributed by atoms with Crippen LogP contribution in [-0.4, -0.2) is 37.2 Å². The largest absolute Gasteiger partial charge is 0.462 e. The minimum Gasteiger partial charge on any atom is -0.462 e. The first-order valence-electron chi connectivity index (χ1n) is 26.0. The van der Waals surface area contributed by atoms with Gasteiger partial charge in [-0.1, -0.05) is 224 Å². The number of hydrogen-bond acceptors (Lipinski definition) is 6. The maximum absolute atomic E-state index is 12.8. The van der Waals surface area contributed by atoms with Crippen LogP contribution in [0.4, 0.5) is 0 Å². The van der Waals surface area contributed by atoms with Crippen LogP contribution in [-0.2, 0) is 28.6 Å². The molecule has 350 valence electrons. The van der Waals surface area contributed by atoms with Crippen molar-refractivity contribution in [3.8, 4) is 0 Å². The predicted molar refractivity (Wildman–Crippen MR) is 256 cm³/mol. The quantitative estimate of drug-likeness (QED) is 0.0200. The standard InChI is InChI=1S/C54H98O6/c1-4-7-10-13-16-19-21-23-25-26-27-29-30-32-35-38-41-44-47-53(56)59-50-51(49-58-52(55)46-43-40-37-34-18-15-12-9-6-3)60-54(57)48-45-42-39-36-33-31-28-24-22-20-17-14-11-8-5-2/h17,20,22,24,34,37,51H,4-16,18-19,21,23,25-33,35-36,38-50H2,1-3H3/b20-17-,24-22-,37-34-. The van der Waals surface area contributed by atoms with E-state index in [2.05, 4.69) is 57.2 Å². The minimum absolute atomic E-state index is 0.0826. The average molecular weight is 843 g/mol. The Balaban J connectivity index is 4.30. The molecular weight excluding hydrogens is 745 g/mol. The fourth-order valence-electron chi connectivity index (χ4n) is 7.44. The normalized spacial score (nSPS) is 12.2. The van der Waals surface area contributed by atoms with Gasteiger partial charge in [0.05, 0.1) is 0 Å². The monoisotopic (exact) mass is 843 g/mol. The Bertz CT molecular complexity index is 1020. The van der Waals surface area contributed by atoms with Crippen molar-refractivity contribution >= 4 is 17.9 Å². The molecule has 0 saturated carbocycles. The summed E-state index contributed by atoms with van der Waals surface area (Å²) in [5, 5.41) is 0. The Kier molecular flexibility index (Phi) is 47.3. The molecule has 60 heavy (non-hydrogen) atoms. The van der Waals surface area contributed by atoms with Gasteiger partial charge in [-0.25, -0.2) is 0 Å². The van der Waals surface area contributed by atoms with E-state index >= 15 is 0 Å². The van der Waals surface area contributed by atoms with E-state index in [9.17, 15) is 14.4 Å². The molecule has 0 aromatic rings. The van der Waals surface area contributed by atoms with E-state index in [4.69, 9.17) is 14.2 Å². The summed E-state index contributed by atoms with van der Waals surface area (Å²) in [4.78, 5) is 37.8. The van der Waals surface area contributed by atoms with Crippen LogP contribution in [0.3, 0.4) is 0 Å². The molecule has 0 radical (unpaired) electrons. The second kappa shape index (κ2) is 49.3. The van der Waals surface area contributed by atoms with E-state index in [1.54, 1.807) is 0 Å². The number of ether oxygens (including phenoxy) is 3. The van der Waals surface area contributed by atoms with Gasteiger partial charge in [0.2, 0.25) is 0 Å². The van der Waals surface area contributed by atoms with Gasteiger partial charge in [0.15, 0.2) is 6.10 Å². The Labute approximate surface area is 372 Å². The molecule has 1 unspecified atom stereocenters. The minimum atomic E-state index is -0.784. The van der Waals surface area contributed by atoms with E-state index in [1.807, 2.05) is 0 Å². The molecule has 0 rings (SSSR count). The van der Waals surface area contributed by atoms with Gasteiger partial charge in [-0.15, -0.1) is 0 Å². The van der Waals surface area contributed by atoms with Gasteiger partial charge in [-0.3, -0.25) is 14.4 Å². The molecule has 0 aliphatic heterocycles. The maximum atomic E-state index is 12.8. The lowest BCUT2D eigenvalue weighted by molar-refractivity contribution is -0.167. The SMILES string of the molecule is CCCCC/C=C\C=C/CCCCCCCCC(=O)OC(COC(=O)CCC/C=C\CCCCCC)COC(=O)CCCCCCCCCCCCCCCCCCCC. The van der Waals surface area contributed by atoms with Crippen molar-refractivity contribution in [3.05, 3.63) is 36.5 Å². The second-order valence-corrected chi connectivity index (χ2v) is 17.5. The highest BCUT2D eigenvalue weighted by molar-refractivity contribution is 5.71. The van der Waals surface area contributed by atoms with Crippen LogP contribution in [0.15, 0.2) is 36.5 Å². The van der Waals surface area contributed by atoms with Crippen molar-refractivity contribution in [2.24, 2.45) is 0 Å². The summed E-state index contributed by atoms with van der Waals surface area (Å²) in [7, 11) is 0. The Morgan fingerprint density at radius 2 is 0.617 bits per heavy atom. The lowest BCUT2D eigenvalue weighted by Gasteiger charge is -2.18. The Morgan fingerprint density at radius 1 is 0.333 bits per heavy atom. The predicted octanol–water partition coefficient (Wildman–Crippen LogP) is 16.9. The third-order valence-electron chi connectivity index (χ3n) is 11.4. The van der Waals surface area contributed by atoms with Crippen LogP contribution in [0.1, 0.15) is 271 Å². The summed E-state index contributed by atoms with van der Waals surface area (Å²) in [6, 6.07) is 0. The smallest absolute Gasteiger partial charge is 0.306 e. The van der Waals surface area contributed by atoms with Gasteiger partial charge in [0, 0.05) is 19.3 Å². The highest BCUT2D eigenvalue weighted by atomic mass is 16.6. The first kappa shape index (κ1) is 57.6. The fraction of sp³-hybridized carbons (Fsp3) is 0.833. The van der Waals surface area contributed by atoms with Crippen molar-refractivity contribution in [1.82, 2.24) is 0 Å². The molecule has 0 aliphatic carbocycles. The summed E-state index contributed by atoms with van der Waals surface area (Å²) in [6.45, 7) is 6.56. The van der Waals surface area contributed by atoms with E-state index in [-0.39, 0.29) is 31.1 Å². The molecule has 0 amide bonds. The van der Waals surface area contributed by atoms with Crippen LogP contribution in [0.5, 0.6) is 0 Å². The number of esters is 3. The molecule has 0 N–H and O–H groups in total. The highest BCUT2D eigenvalue weighted by Gasteiger charge is 2.19. The van der Waals surface area contributed by atoms with E-state index < -0.39 is 6.10 Å². The van der Waals surface area contributed by atoms with E-state index in [0.717, 1.165) is 64.2 Å². The van der Waals surface area contributed by atoms with Gasteiger partial charge in [-0.05, 0) is 64.2 Å². The molecular formula is C54H98O6. The van der Waals surface area contributed by atoms with Gasteiger partial charge >= 0.3 is 17.9 Å². The van der Waals surface area contributed by atoms with Crippen LogP contribution < -0.4 is 0 Å². The molecule has 0 bridgehead atoms. The Hall–Kier alpha value is -2.37. The molecule has 0 fully saturated rings. The van der Waals surface area contributed by atoms with E-state index in [1.165, 1.54) is 167 Å². The van der Waals surface area contributed by atoms with Crippen molar-refractivity contribution in [2.45, 2.75) is 277 Å². The van der Waals surface area contributed by atoms with Gasteiger partial charge in [0.1, 0.15) is 13.2 Å². The van der Waals surface area contributed by atoms with Gasteiger partial charge in [-0.2, -0.15) is 0 Å². The molecule has 0 heterocycles. The Morgan fingerprint density at radius 3 is 1.05 bits per heavy atom. The van der Waals surface area contributed by atoms with Crippen molar-refractivity contribution < 1.29 is 28.6 Å². The molecule has 6 heteroatoms. The number of rotatable bonds is 47. The number of allylic oxidation sites excluding steroid dienone is 6. The van der Waals surface area contributed by atoms with Gasteiger partial charge < -0.3 is 14.2 Å². The zero-order valence-electron chi connectivity index (χ0n) is 40.0. The number of hydrogen-bond donors (Lipinski definition) is 0. The zero-order valence-corrected chi connectivity index (χ0v) is 40.0. The first-order chi connectivity index (χ1) is 29.5. The summed E-state index contributed by atoms with van der Waals surface area (Å²) >= 11 is 0. The molecule has 0 saturated heterocycles. The third-order valence-corrected chi connectivity index (χ3v) is 11.4. The van der Waals surface area contributed by atoms with Gasteiger partial charge in [0.25, 0.3) is 0 Å². The van der Waals surface area contributed by atoms with Crippen LogP contribution in [0.25, 0.3) is 0 Å². The molecule has 0 spiro atoms. The second-order valence-electron chi connectivity index (χ2n) is 17.5. The number of unbranched alkanes of at least 4 members (excludes halogenated alkanes) is 31. The third kappa shape index (κ3) is 46.7. The van der Waals surface area contributed by atoms with Crippen molar-refractivity contribution in [3.63, 3.8) is 0 Å². The summed E-state index contributed by atoms with van der Waals surface area (Å²) in [5.41, 5.74) is 0. The van der Waals surface area contributed by atoms with Crippen LogP contribution in [0, 0.1) is 0 Å². The molecule has 0 aromatic heterocycles. The number of carbonyl (C=O) groups excluding carboxylic acids is 3. The number of carbonyl (C=O) groups is 3. The maximum Gasteiger partial charge on any atom is 0.306 e. The molecule has 1 atom stereocenters. The lowest BCUT2D eigenvalue weighted by Crippen LogP contribution is -2.30. The van der Waals surface area contributed by atoms with Crippen molar-refractivity contribution in [2.75, 3.05) is 13.2 Å². The summed E-state index contributed by atoms with van der Waals surface area (Å²) < 4.78 is 16.7. The molecule has 6 nitrogen and oxygen atoms in total. The molecule has 0 aromatic carbocycles. The highest BCUT2D eigenvalue weighted by Crippen LogP contribution is 2.16. The summed E-state index contributed by atoms with van der Waals surface area (Å²) in [5.74, 6) is -0.922. The van der Waals surface area contributed by atoms with E-state index in [0.29, 0.717) is 19.3 Å². The molecule has 0 aliphatic rings. The first-order valence-corrected chi connectivity index (χ1v) is 26.0. The summed E-state index contributed by atoms with van der Waals surface area (Å²) in [6.07, 6.45) is 57.1. The topological polar surface area (TPSA) is 78.9 Å². The fourth-order valence-corrected chi connectivity index (χ4v) is 7.44. The lowest BCUT2D eigenvalue weighted by atomic mass is 10.0. The van der Waals surface area contributed by atoms with Crippen molar-refractivity contribution in [1.29, 1.82) is 0 Å². The van der Waals surface area contributed by atoms with Crippen LogP contribution in [0.2, 0.25) is 0 Å². The average Bonchev–Trinajstić information content (AvgIpc) is 3.24. The zero-order chi connectivity index (χ0) is 43.7. The van der Waals surface area contributed by atoms with Crippen LogP contribution >= 0.6 is 0 Å².